The Bertz CT molecular complexity index is 1160. The van der Waals surface area contributed by atoms with E-state index in [4.69, 9.17) is 0 Å². The molecule has 0 aliphatic heterocycles. The van der Waals surface area contributed by atoms with E-state index in [0.717, 1.165) is 40.5 Å². The number of anilines is 1. The predicted molar refractivity (Wildman–Crippen MR) is 101 cm³/mol. The predicted octanol–water partition coefficient (Wildman–Crippen LogP) is 5.27. The Hall–Kier alpha value is -3.20. The molecule has 5 nitrogen and oxygen atoms in total. The summed E-state index contributed by atoms with van der Waals surface area (Å²) in [5, 5.41) is 5.80. The number of nitrogens with one attached hydrogen (secondary N) is 2. The van der Waals surface area contributed by atoms with E-state index in [9.17, 15) is 18.0 Å². The van der Waals surface area contributed by atoms with Crippen LogP contribution >= 0.6 is 11.3 Å². The second kappa shape index (κ2) is 6.75. The monoisotopic (exact) mass is 402 g/mol. The number of aromatic nitrogens is 3. The lowest BCUT2D eigenvalue weighted by molar-refractivity contribution is -0.141. The third-order valence-corrected chi connectivity index (χ3v) is 4.95. The zero-order chi connectivity index (χ0) is 19.9. The zero-order valence-electron chi connectivity index (χ0n) is 14.5. The molecule has 0 atom stereocenters. The average Bonchev–Trinajstić information content (AvgIpc) is 3.23. The molecule has 9 heteroatoms. The first-order chi connectivity index (χ1) is 13.3. The van der Waals surface area contributed by atoms with E-state index < -0.39 is 17.8 Å². The fourth-order valence-electron chi connectivity index (χ4n) is 2.92. The number of rotatable bonds is 3. The Labute approximate surface area is 161 Å². The summed E-state index contributed by atoms with van der Waals surface area (Å²) in [6.07, 6.45) is -3.65. The molecule has 0 fully saturated rings. The van der Waals surface area contributed by atoms with E-state index in [1.807, 2.05) is 36.6 Å². The van der Waals surface area contributed by atoms with Gasteiger partial charge in [-0.25, -0.2) is 4.98 Å². The van der Waals surface area contributed by atoms with Gasteiger partial charge in [-0.2, -0.15) is 13.2 Å². The van der Waals surface area contributed by atoms with Gasteiger partial charge in [0, 0.05) is 33.7 Å². The van der Waals surface area contributed by atoms with Gasteiger partial charge in [-0.3, -0.25) is 15.1 Å². The van der Waals surface area contributed by atoms with Crippen molar-refractivity contribution in [2.45, 2.75) is 13.1 Å². The molecule has 1 amide bonds. The van der Waals surface area contributed by atoms with Crippen molar-refractivity contribution in [3.8, 4) is 11.3 Å². The first-order valence-electron chi connectivity index (χ1n) is 8.21. The van der Waals surface area contributed by atoms with Crippen molar-refractivity contribution >= 4 is 33.3 Å². The smallest absolute Gasteiger partial charge is 0.358 e. The van der Waals surface area contributed by atoms with Crippen molar-refractivity contribution in [2.24, 2.45) is 0 Å². The number of aryl methyl sites for hydroxylation is 1. The maximum atomic E-state index is 12.6. The number of halogens is 3. The molecule has 0 aliphatic rings. The number of para-hydroxylation sites is 1. The summed E-state index contributed by atoms with van der Waals surface area (Å²) in [5.41, 5.74) is 2.58. The number of pyridine rings is 1. The van der Waals surface area contributed by atoms with Crippen LogP contribution in [-0.4, -0.2) is 20.9 Å². The van der Waals surface area contributed by atoms with Crippen LogP contribution < -0.4 is 5.32 Å². The Morgan fingerprint density at radius 3 is 2.68 bits per heavy atom. The molecule has 0 spiro atoms. The average molecular weight is 402 g/mol. The summed E-state index contributed by atoms with van der Waals surface area (Å²) >= 11 is 1.24. The molecule has 0 unspecified atom stereocenters. The van der Waals surface area contributed by atoms with E-state index in [1.165, 1.54) is 11.3 Å². The number of carbonyl (C=O) groups is 1. The van der Waals surface area contributed by atoms with Gasteiger partial charge in [-0.1, -0.05) is 18.2 Å². The highest BCUT2D eigenvalue weighted by molar-refractivity contribution is 7.14. The summed E-state index contributed by atoms with van der Waals surface area (Å²) in [6, 6.07) is 9.69. The highest BCUT2D eigenvalue weighted by Gasteiger charge is 2.32. The minimum atomic E-state index is -4.55. The molecule has 0 saturated carbocycles. The van der Waals surface area contributed by atoms with Gasteiger partial charge in [0.2, 0.25) is 0 Å². The molecule has 3 heterocycles. The Balaban J connectivity index is 1.56. The number of carbonyl (C=O) groups excluding carboxylic acids is 1. The largest absolute Gasteiger partial charge is 0.433 e. The molecular weight excluding hydrogens is 389 g/mol. The summed E-state index contributed by atoms with van der Waals surface area (Å²) in [4.78, 5) is 23.3. The number of H-pyrrole nitrogens is 1. The van der Waals surface area contributed by atoms with Crippen LogP contribution in [0.3, 0.4) is 0 Å². The van der Waals surface area contributed by atoms with Crippen molar-refractivity contribution in [2.75, 3.05) is 5.32 Å². The second-order valence-electron chi connectivity index (χ2n) is 6.09. The van der Waals surface area contributed by atoms with Crippen LogP contribution in [0.15, 0.2) is 48.0 Å². The van der Waals surface area contributed by atoms with E-state index in [2.05, 4.69) is 20.3 Å². The zero-order valence-corrected chi connectivity index (χ0v) is 15.3. The summed E-state index contributed by atoms with van der Waals surface area (Å²) < 4.78 is 37.7. The van der Waals surface area contributed by atoms with Gasteiger partial charge in [0.25, 0.3) is 5.91 Å². The Morgan fingerprint density at radius 2 is 1.96 bits per heavy atom. The number of hydrogen-bond donors (Lipinski definition) is 2. The molecule has 1 aromatic carbocycles. The van der Waals surface area contributed by atoms with Crippen molar-refractivity contribution in [1.29, 1.82) is 0 Å². The third-order valence-electron chi connectivity index (χ3n) is 4.19. The highest BCUT2D eigenvalue weighted by atomic mass is 32.1. The van der Waals surface area contributed by atoms with Crippen LogP contribution in [0.5, 0.6) is 0 Å². The summed E-state index contributed by atoms with van der Waals surface area (Å²) in [7, 11) is 0. The normalized spacial score (nSPS) is 11.7. The first kappa shape index (κ1) is 18.2. The van der Waals surface area contributed by atoms with E-state index in [1.54, 1.807) is 0 Å². The fraction of sp³-hybridized carbons (Fsp3) is 0.105. The number of nitrogens with zero attached hydrogens (tertiary/aromatic N) is 2. The number of thiazole rings is 1. The van der Waals surface area contributed by atoms with Crippen LogP contribution in [0.1, 0.15) is 21.7 Å². The Kier molecular flexibility index (Phi) is 4.38. The van der Waals surface area contributed by atoms with Gasteiger partial charge in [0.05, 0.1) is 11.3 Å². The van der Waals surface area contributed by atoms with E-state index in [0.29, 0.717) is 10.8 Å². The molecular formula is C19H13F3N4OS. The molecule has 0 bridgehead atoms. The highest BCUT2D eigenvalue weighted by Crippen LogP contribution is 2.34. The molecule has 4 rings (SSSR count). The molecule has 28 heavy (non-hydrogen) atoms. The number of hydrogen-bond acceptors (Lipinski definition) is 4. The lowest BCUT2D eigenvalue weighted by atomic mass is 10.1. The standard InChI is InChI=1S/C19H13F3N4OS/c1-10-16(12-4-2-3-5-13(12)24-10)14-9-28-18(25-14)26-17(27)11-6-7-15(23-8-11)19(20,21)22/h2-9,24H,1H3,(H,25,26,27). The Morgan fingerprint density at radius 1 is 1.18 bits per heavy atom. The van der Waals surface area contributed by atoms with Crippen LogP contribution in [0.2, 0.25) is 0 Å². The summed E-state index contributed by atoms with van der Waals surface area (Å²) in [5.74, 6) is -0.572. The maximum Gasteiger partial charge on any atom is 0.433 e. The maximum absolute atomic E-state index is 12.6. The number of alkyl halides is 3. The topological polar surface area (TPSA) is 70.7 Å². The minimum absolute atomic E-state index is 0.0213. The fourth-order valence-corrected chi connectivity index (χ4v) is 3.61. The van der Waals surface area contributed by atoms with E-state index in [-0.39, 0.29) is 5.56 Å². The molecule has 3 aromatic heterocycles. The van der Waals surface area contributed by atoms with Gasteiger partial charge in [-0.15, -0.1) is 11.3 Å². The third kappa shape index (κ3) is 3.36. The van der Waals surface area contributed by atoms with Gasteiger partial charge in [-0.05, 0) is 25.1 Å². The summed E-state index contributed by atoms with van der Waals surface area (Å²) in [6.45, 7) is 1.95. The molecule has 0 aliphatic carbocycles. The lowest BCUT2D eigenvalue weighted by Gasteiger charge is -2.06. The molecule has 4 aromatic rings. The molecule has 142 valence electrons. The molecule has 0 radical (unpaired) electrons. The first-order valence-corrected chi connectivity index (χ1v) is 9.08. The molecule has 2 N–H and O–H groups in total. The van der Waals surface area contributed by atoms with Crippen molar-refractivity contribution in [1.82, 2.24) is 15.0 Å². The minimum Gasteiger partial charge on any atom is -0.358 e. The number of aromatic amines is 1. The molecule has 0 saturated heterocycles. The van der Waals surface area contributed by atoms with Crippen LogP contribution in [0, 0.1) is 6.92 Å². The van der Waals surface area contributed by atoms with E-state index >= 15 is 0 Å². The van der Waals surface area contributed by atoms with Crippen molar-refractivity contribution < 1.29 is 18.0 Å². The number of benzene rings is 1. The van der Waals surface area contributed by atoms with Crippen molar-refractivity contribution in [3.05, 3.63) is 64.9 Å². The van der Waals surface area contributed by atoms with Crippen LogP contribution in [0.4, 0.5) is 18.3 Å². The quantitative estimate of drug-likeness (QED) is 0.491. The van der Waals surface area contributed by atoms with Gasteiger partial charge in [0.15, 0.2) is 5.13 Å². The van der Waals surface area contributed by atoms with Gasteiger partial charge in [0.1, 0.15) is 5.69 Å². The van der Waals surface area contributed by atoms with Gasteiger partial charge < -0.3 is 4.98 Å². The second-order valence-corrected chi connectivity index (χ2v) is 6.95. The van der Waals surface area contributed by atoms with Gasteiger partial charge >= 0.3 is 6.18 Å². The number of amides is 1. The number of fused-ring (bicyclic) bond motifs is 1. The lowest BCUT2D eigenvalue weighted by Crippen LogP contribution is -2.14. The van der Waals surface area contributed by atoms with Crippen LogP contribution in [-0.2, 0) is 6.18 Å². The SMILES string of the molecule is Cc1[nH]c2ccccc2c1-c1csc(NC(=O)c2ccc(C(F)(F)F)nc2)n1. The van der Waals surface area contributed by atoms with Crippen molar-refractivity contribution in [3.63, 3.8) is 0 Å². The van der Waals surface area contributed by atoms with Crippen LogP contribution in [0.25, 0.3) is 22.2 Å².